The van der Waals surface area contributed by atoms with Crippen LogP contribution in [0, 0.1) is 5.92 Å². The first kappa shape index (κ1) is 20.4. The molecule has 1 aromatic carbocycles. The molecule has 0 unspecified atom stereocenters. The van der Waals surface area contributed by atoms with Gasteiger partial charge in [0.15, 0.2) is 0 Å². The number of ether oxygens (including phenoxy) is 1. The highest BCUT2D eigenvalue weighted by Crippen LogP contribution is 2.34. The number of piperidine rings is 2. The Hall–Kier alpha value is -1.85. The summed E-state index contributed by atoms with van der Waals surface area (Å²) in [6.45, 7) is 5.66. The number of likely N-dealkylation sites (tertiary alicyclic amines) is 2. The molecule has 5 nitrogen and oxygen atoms in total. The monoisotopic (exact) mass is 416 g/mol. The van der Waals surface area contributed by atoms with E-state index in [1.54, 1.807) is 12.1 Å². The first-order valence-corrected chi connectivity index (χ1v) is 11.0. The van der Waals surface area contributed by atoms with Crippen molar-refractivity contribution in [2.45, 2.75) is 44.6 Å². The number of carbonyl (C=O) groups excluding carboxylic acids is 2. The van der Waals surface area contributed by atoms with Crippen molar-refractivity contribution < 1.29 is 14.3 Å². The van der Waals surface area contributed by atoms with E-state index in [-0.39, 0.29) is 23.3 Å². The molecule has 0 bridgehead atoms. The third-order valence-corrected chi connectivity index (χ3v) is 6.88. The highest BCUT2D eigenvalue weighted by Gasteiger charge is 2.38. The molecule has 0 radical (unpaired) electrons. The third-order valence-electron chi connectivity index (χ3n) is 6.55. The highest BCUT2D eigenvalue weighted by molar-refractivity contribution is 6.33. The molecule has 0 saturated carbocycles. The fourth-order valence-electron chi connectivity index (χ4n) is 4.77. The summed E-state index contributed by atoms with van der Waals surface area (Å²) in [5, 5.41) is 0.479. The lowest BCUT2D eigenvalue weighted by atomic mass is 9.86. The number of amides is 2. The van der Waals surface area contributed by atoms with Crippen LogP contribution in [-0.2, 0) is 9.53 Å². The van der Waals surface area contributed by atoms with Crippen LogP contribution in [0.5, 0.6) is 0 Å². The van der Waals surface area contributed by atoms with Crippen LogP contribution < -0.4 is 0 Å². The van der Waals surface area contributed by atoms with Crippen LogP contribution in [0.1, 0.15) is 49.4 Å². The molecule has 3 aliphatic heterocycles. The number of halogens is 1. The van der Waals surface area contributed by atoms with Crippen LogP contribution in [-0.4, -0.2) is 60.0 Å². The molecule has 2 saturated heterocycles. The van der Waals surface area contributed by atoms with E-state index < -0.39 is 0 Å². The molecule has 1 aromatic rings. The number of hydrogen-bond donors (Lipinski definition) is 0. The van der Waals surface area contributed by atoms with E-state index in [9.17, 15) is 9.59 Å². The van der Waals surface area contributed by atoms with Crippen molar-refractivity contribution in [2.75, 3.05) is 32.8 Å². The van der Waals surface area contributed by atoms with Gasteiger partial charge in [-0.15, -0.1) is 0 Å². The minimum Gasteiger partial charge on any atom is -0.370 e. The molecule has 0 aromatic heterocycles. The first-order valence-electron chi connectivity index (χ1n) is 10.6. The van der Waals surface area contributed by atoms with Gasteiger partial charge in [-0.05, 0) is 51.2 Å². The molecule has 29 heavy (non-hydrogen) atoms. The second-order valence-corrected chi connectivity index (χ2v) is 8.93. The topological polar surface area (TPSA) is 49.9 Å². The predicted octanol–water partition coefficient (Wildman–Crippen LogP) is 3.92. The maximum atomic E-state index is 13.0. The van der Waals surface area contributed by atoms with Gasteiger partial charge < -0.3 is 14.5 Å². The predicted molar refractivity (Wildman–Crippen MR) is 113 cm³/mol. The van der Waals surface area contributed by atoms with Crippen molar-refractivity contribution in [2.24, 2.45) is 5.92 Å². The van der Waals surface area contributed by atoms with Gasteiger partial charge in [-0.1, -0.05) is 35.4 Å². The van der Waals surface area contributed by atoms with Gasteiger partial charge in [0.05, 0.1) is 22.8 Å². The Morgan fingerprint density at radius 1 is 1.07 bits per heavy atom. The van der Waals surface area contributed by atoms with E-state index >= 15 is 0 Å². The molecule has 2 fully saturated rings. The fraction of sp³-hybridized carbons (Fsp3) is 0.565. The Labute approximate surface area is 177 Å². The molecular weight excluding hydrogens is 388 g/mol. The van der Waals surface area contributed by atoms with Gasteiger partial charge in [0.25, 0.3) is 5.91 Å². The molecule has 3 aliphatic rings. The van der Waals surface area contributed by atoms with Crippen molar-refractivity contribution in [3.63, 3.8) is 0 Å². The van der Waals surface area contributed by atoms with Gasteiger partial charge >= 0.3 is 0 Å². The Morgan fingerprint density at radius 2 is 1.76 bits per heavy atom. The van der Waals surface area contributed by atoms with Crippen LogP contribution in [0.2, 0.25) is 5.02 Å². The van der Waals surface area contributed by atoms with E-state index in [0.29, 0.717) is 36.5 Å². The summed E-state index contributed by atoms with van der Waals surface area (Å²) in [6, 6.07) is 7.14. The van der Waals surface area contributed by atoms with E-state index in [1.807, 2.05) is 21.9 Å². The van der Waals surface area contributed by atoms with E-state index in [0.717, 1.165) is 39.0 Å². The first-order chi connectivity index (χ1) is 14.0. The van der Waals surface area contributed by atoms with E-state index in [2.05, 4.69) is 13.0 Å². The summed E-state index contributed by atoms with van der Waals surface area (Å²) in [4.78, 5) is 29.6. The molecule has 4 rings (SSSR count). The minimum absolute atomic E-state index is 0.00361. The summed E-state index contributed by atoms with van der Waals surface area (Å²) in [7, 11) is 0. The number of rotatable bonds is 2. The molecule has 156 valence electrons. The molecule has 0 atom stereocenters. The molecule has 0 N–H and O–H groups in total. The van der Waals surface area contributed by atoms with Gasteiger partial charge in [0.1, 0.15) is 0 Å². The van der Waals surface area contributed by atoms with Gasteiger partial charge in [-0.2, -0.15) is 0 Å². The van der Waals surface area contributed by atoms with Crippen LogP contribution in [0.15, 0.2) is 35.9 Å². The standard InChI is InChI=1S/C23H29ClN2O3/c1-17-8-15-29-23(16-17)9-13-26(14-10-23)21(27)18-6-11-25(12-7-18)22(28)19-4-2-3-5-20(19)24/h2-5,16,18H,6-15H2,1H3. The second kappa shape index (κ2) is 8.49. The van der Waals surface area contributed by atoms with Crippen molar-refractivity contribution in [1.29, 1.82) is 0 Å². The summed E-state index contributed by atoms with van der Waals surface area (Å²) >= 11 is 6.17. The molecule has 6 heteroatoms. The van der Waals surface area contributed by atoms with Crippen LogP contribution in [0.4, 0.5) is 0 Å². The average Bonchev–Trinajstić information content (AvgIpc) is 2.74. The molecule has 0 aliphatic carbocycles. The Balaban J connectivity index is 1.30. The van der Waals surface area contributed by atoms with Crippen molar-refractivity contribution in [3.05, 3.63) is 46.5 Å². The minimum atomic E-state index is -0.163. The van der Waals surface area contributed by atoms with Crippen molar-refractivity contribution in [1.82, 2.24) is 9.80 Å². The smallest absolute Gasteiger partial charge is 0.255 e. The van der Waals surface area contributed by atoms with E-state index in [1.165, 1.54) is 5.57 Å². The third kappa shape index (κ3) is 4.36. The number of benzene rings is 1. The van der Waals surface area contributed by atoms with E-state index in [4.69, 9.17) is 16.3 Å². The zero-order chi connectivity index (χ0) is 20.4. The fourth-order valence-corrected chi connectivity index (χ4v) is 4.98. The van der Waals surface area contributed by atoms with Gasteiger partial charge in [-0.3, -0.25) is 9.59 Å². The zero-order valence-corrected chi connectivity index (χ0v) is 17.8. The summed E-state index contributed by atoms with van der Waals surface area (Å²) in [6.07, 6.45) is 6.46. The SMILES string of the molecule is CC1=CC2(CCN(C(=O)C3CCN(C(=O)c4ccccc4Cl)CC3)CC2)OCC1. The second-order valence-electron chi connectivity index (χ2n) is 8.53. The molecular formula is C23H29ClN2O3. The molecule has 3 heterocycles. The van der Waals surface area contributed by atoms with Crippen molar-refractivity contribution >= 4 is 23.4 Å². The van der Waals surface area contributed by atoms with Crippen LogP contribution in [0.25, 0.3) is 0 Å². The zero-order valence-electron chi connectivity index (χ0n) is 17.0. The number of carbonyl (C=O) groups is 2. The van der Waals surface area contributed by atoms with Crippen molar-refractivity contribution in [3.8, 4) is 0 Å². The number of nitrogens with zero attached hydrogens (tertiary/aromatic N) is 2. The largest absolute Gasteiger partial charge is 0.370 e. The van der Waals surface area contributed by atoms with Crippen LogP contribution >= 0.6 is 11.6 Å². The summed E-state index contributed by atoms with van der Waals surface area (Å²) < 4.78 is 6.07. The summed E-state index contributed by atoms with van der Waals surface area (Å²) in [5.74, 6) is 0.197. The summed E-state index contributed by atoms with van der Waals surface area (Å²) in [5.41, 5.74) is 1.77. The Bertz CT molecular complexity index is 806. The quantitative estimate of drug-likeness (QED) is 0.686. The highest BCUT2D eigenvalue weighted by atomic mass is 35.5. The average molecular weight is 417 g/mol. The lowest BCUT2D eigenvalue weighted by Crippen LogP contribution is -2.51. The van der Waals surface area contributed by atoms with Crippen LogP contribution in [0.3, 0.4) is 0 Å². The lowest BCUT2D eigenvalue weighted by molar-refractivity contribution is -0.141. The van der Waals surface area contributed by atoms with Gasteiger partial charge in [0, 0.05) is 32.1 Å². The van der Waals surface area contributed by atoms with Gasteiger partial charge in [0.2, 0.25) is 5.91 Å². The number of hydrogen-bond acceptors (Lipinski definition) is 3. The maximum absolute atomic E-state index is 13.0. The maximum Gasteiger partial charge on any atom is 0.255 e. The normalized spacial score (nSPS) is 22.5. The Kier molecular flexibility index (Phi) is 5.98. The van der Waals surface area contributed by atoms with Gasteiger partial charge in [-0.25, -0.2) is 0 Å². The molecule has 1 spiro atoms. The Morgan fingerprint density at radius 3 is 2.41 bits per heavy atom. The lowest BCUT2D eigenvalue weighted by Gasteiger charge is -2.43. The molecule has 2 amide bonds.